The number of nitrogens with zero attached hydrogens (tertiary/aromatic N) is 4. The van der Waals surface area contributed by atoms with Crippen molar-refractivity contribution in [3.8, 4) is 39.9 Å². The maximum Gasteiger partial charge on any atom is 0.167 e. The van der Waals surface area contributed by atoms with E-state index in [9.17, 15) is 0 Å². The Bertz CT molecular complexity index is 2810. The molecule has 0 saturated heterocycles. The summed E-state index contributed by atoms with van der Waals surface area (Å²) in [5.74, 6) is 1.33. The van der Waals surface area contributed by atoms with Crippen LogP contribution in [0.15, 0.2) is 150 Å². The van der Waals surface area contributed by atoms with Crippen LogP contribution in [-0.2, 0) is 0 Å². The number of benzene rings is 6. The Hall–Kier alpha value is -6.07. The van der Waals surface area contributed by atoms with E-state index in [1.807, 2.05) is 84.9 Å². The second-order valence-corrected chi connectivity index (χ2v) is 10.3. The van der Waals surface area contributed by atoms with Gasteiger partial charge in [0.15, 0.2) is 23.1 Å². The normalized spacial score (nSPS) is 14.2. The van der Waals surface area contributed by atoms with Crippen LogP contribution in [0.3, 0.4) is 0 Å². The topological polar surface area (TPSA) is 56.7 Å². The van der Waals surface area contributed by atoms with Gasteiger partial charge < -0.3 is 8.98 Å². The number of rotatable bonds is 4. The van der Waals surface area contributed by atoms with E-state index in [4.69, 9.17) is 30.3 Å². The molecule has 3 aromatic heterocycles. The Balaban J connectivity index is 1.38. The van der Waals surface area contributed by atoms with Crippen LogP contribution in [0.1, 0.15) is 11.0 Å². The molecule has 44 heavy (non-hydrogen) atoms. The van der Waals surface area contributed by atoms with Gasteiger partial charge in [-0.2, -0.15) is 0 Å². The molecule has 0 aliphatic rings. The monoisotopic (exact) mass is 572 g/mol. The van der Waals surface area contributed by atoms with Crippen molar-refractivity contribution in [2.24, 2.45) is 0 Å². The van der Waals surface area contributed by atoms with Crippen LogP contribution in [0, 0.1) is 0 Å². The third kappa shape index (κ3) is 3.76. The molecule has 0 amide bonds. The predicted molar refractivity (Wildman–Crippen MR) is 178 cm³/mol. The van der Waals surface area contributed by atoms with Crippen molar-refractivity contribution in [3.05, 3.63) is 145 Å². The molecule has 0 aliphatic heterocycles. The molecular weight excluding hydrogens is 540 g/mol. The summed E-state index contributed by atoms with van der Waals surface area (Å²) in [5.41, 5.74) is 3.36. The van der Waals surface area contributed by atoms with Gasteiger partial charge in [0.1, 0.15) is 5.58 Å². The predicted octanol–water partition coefficient (Wildman–Crippen LogP) is 9.87. The van der Waals surface area contributed by atoms with Gasteiger partial charge in [-0.05, 0) is 24.2 Å². The number of hydrogen-bond acceptors (Lipinski definition) is 4. The number of fused-ring (bicyclic) bond motifs is 6. The van der Waals surface area contributed by atoms with Gasteiger partial charge in [0.2, 0.25) is 0 Å². The highest BCUT2D eigenvalue weighted by Crippen LogP contribution is 2.40. The molecule has 0 fully saturated rings. The van der Waals surface area contributed by atoms with Crippen molar-refractivity contribution < 1.29 is 15.4 Å². The average molecular weight is 573 g/mol. The summed E-state index contributed by atoms with van der Waals surface area (Å²) < 4.78 is 77.5. The molecular formula is C39H24N4O. The Morgan fingerprint density at radius 2 is 1.00 bits per heavy atom. The molecule has 0 spiro atoms. The van der Waals surface area contributed by atoms with Gasteiger partial charge in [0.05, 0.1) is 33.3 Å². The minimum absolute atomic E-state index is 0.00567. The van der Waals surface area contributed by atoms with Crippen molar-refractivity contribution in [2.75, 3.05) is 0 Å². The maximum absolute atomic E-state index is 8.96. The summed E-state index contributed by atoms with van der Waals surface area (Å²) in [5, 5.41) is 1.39. The Labute approximate surface area is 263 Å². The fourth-order valence-corrected chi connectivity index (χ4v) is 5.75. The fraction of sp³-hybridized carbons (Fsp3) is 0. The molecule has 0 aliphatic carbocycles. The van der Waals surface area contributed by atoms with Crippen LogP contribution in [0.25, 0.3) is 83.6 Å². The molecule has 0 N–H and O–H groups in total. The third-order valence-electron chi connectivity index (χ3n) is 7.72. The van der Waals surface area contributed by atoms with Crippen LogP contribution in [0.5, 0.6) is 0 Å². The van der Waals surface area contributed by atoms with Crippen molar-refractivity contribution in [1.29, 1.82) is 0 Å². The van der Waals surface area contributed by atoms with Gasteiger partial charge in [-0.15, -0.1) is 0 Å². The first kappa shape index (κ1) is 17.8. The molecule has 5 nitrogen and oxygen atoms in total. The lowest BCUT2D eigenvalue weighted by atomic mass is 10.1. The molecule has 206 valence electrons. The third-order valence-corrected chi connectivity index (χ3v) is 7.72. The highest BCUT2D eigenvalue weighted by atomic mass is 16.3. The maximum atomic E-state index is 8.96. The van der Waals surface area contributed by atoms with Crippen LogP contribution >= 0.6 is 0 Å². The molecule has 9 rings (SSSR count). The van der Waals surface area contributed by atoms with E-state index in [0.29, 0.717) is 45.3 Å². The summed E-state index contributed by atoms with van der Waals surface area (Å²) in [6.07, 6.45) is 0. The number of hydrogen-bond donors (Lipinski definition) is 0. The molecule has 6 aromatic carbocycles. The van der Waals surface area contributed by atoms with Crippen LogP contribution in [0.2, 0.25) is 0 Å². The highest BCUT2D eigenvalue weighted by Gasteiger charge is 2.21. The lowest BCUT2D eigenvalue weighted by molar-refractivity contribution is 0.667. The second kappa shape index (κ2) is 9.75. The zero-order chi connectivity index (χ0) is 36.0. The summed E-state index contributed by atoms with van der Waals surface area (Å²) in [6.45, 7) is 0. The van der Waals surface area contributed by atoms with Crippen molar-refractivity contribution in [2.45, 2.75) is 0 Å². The summed E-state index contributed by atoms with van der Waals surface area (Å²) in [7, 11) is 0. The zero-order valence-electron chi connectivity index (χ0n) is 30.9. The minimum atomic E-state index is -0.502. The molecule has 0 saturated carbocycles. The Morgan fingerprint density at radius 1 is 0.477 bits per heavy atom. The number of aromatic nitrogens is 4. The van der Waals surface area contributed by atoms with Gasteiger partial charge in [-0.3, -0.25) is 0 Å². The highest BCUT2D eigenvalue weighted by molar-refractivity contribution is 6.14. The molecule has 9 aromatic rings. The van der Waals surface area contributed by atoms with Crippen molar-refractivity contribution in [1.82, 2.24) is 19.5 Å². The minimum Gasteiger partial charge on any atom is -0.453 e. The second-order valence-electron chi connectivity index (χ2n) is 10.3. The molecule has 5 heteroatoms. The van der Waals surface area contributed by atoms with E-state index >= 15 is 0 Å². The fourth-order valence-electron chi connectivity index (χ4n) is 5.75. The van der Waals surface area contributed by atoms with Gasteiger partial charge in [0.25, 0.3) is 0 Å². The van der Waals surface area contributed by atoms with E-state index in [-0.39, 0.29) is 33.9 Å². The molecule has 0 atom stereocenters. The van der Waals surface area contributed by atoms with Gasteiger partial charge >= 0.3 is 0 Å². The first-order chi connectivity index (χ1) is 25.2. The Kier molecular flexibility index (Phi) is 3.94. The zero-order valence-corrected chi connectivity index (χ0v) is 22.9. The van der Waals surface area contributed by atoms with E-state index in [2.05, 4.69) is 0 Å². The van der Waals surface area contributed by atoms with E-state index in [1.54, 1.807) is 12.1 Å². The van der Waals surface area contributed by atoms with Crippen LogP contribution < -0.4 is 0 Å². The number of furan rings is 1. The smallest absolute Gasteiger partial charge is 0.167 e. The SMILES string of the molecule is [2H]c1c([2H])c([2H])c2c(c1[2H])c1c([2H])c([2H])c([2H])c([2H])c1n2-c1cccc2c1oc1c(-c3nc(-c4ccccc4)nc(-c4ccccc4)n3)cccc12. The molecule has 0 radical (unpaired) electrons. The van der Waals surface area contributed by atoms with Gasteiger partial charge in [-0.25, -0.2) is 15.0 Å². The first-order valence-electron chi connectivity index (χ1n) is 18.0. The van der Waals surface area contributed by atoms with Crippen molar-refractivity contribution >= 4 is 43.7 Å². The molecule has 3 heterocycles. The van der Waals surface area contributed by atoms with Gasteiger partial charge in [-0.1, -0.05) is 121 Å². The summed E-state index contributed by atoms with van der Waals surface area (Å²) in [4.78, 5) is 14.6. The van der Waals surface area contributed by atoms with Crippen molar-refractivity contribution in [3.63, 3.8) is 0 Å². The lowest BCUT2D eigenvalue weighted by Crippen LogP contribution is -2.00. The quantitative estimate of drug-likeness (QED) is 0.211. The molecule has 0 unspecified atom stereocenters. The number of para-hydroxylation sites is 4. The average Bonchev–Trinajstić information content (AvgIpc) is 3.75. The standard InChI is InChI=1S/C39H24N4O/c1-3-13-25(14-4-1)37-40-38(26-15-5-2-6-16-26)42-39(41-37)31-21-11-19-29-30-20-12-24-34(36(30)44-35(29)31)43-32-22-9-7-17-27(32)28-18-8-10-23-33(28)43/h1-24H/i7D,8D,9D,10D,17D,18D,22D,23D. The summed E-state index contributed by atoms with van der Waals surface area (Å²) in [6, 6.07) is 26.6. The van der Waals surface area contributed by atoms with E-state index in [0.717, 1.165) is 16.5 Å². The largest absolute Gasteiger partial charge is 0.453 e. The van der Waals surface area contributed by atoms with Crippen LogP contribution in [-0.4, -0.2) is 19.5 Å². The van der Waals surface area contributed by atoms with Crippen LogP contribution in [0.4, 0.5) is 0 Å². The molecule has 0 bridgehead atoms. The summed E-state index contributed by atoms with van der Waals surface area (Å²) >= 11 is 0. The first-order valence-corrected chi connectivity index (χ1v) is 14.0. The van der Waals surface area contributed by atoms with E-state index in [1.165, 1.54) is 4.57 Å². The lowest BCUT2D eigenvalue weighted by Gasteiger charge is -2.09. The van der Waals surface area contributed by atoms with Gasteiger partial charge in [0, 0.05) is 32.7 Å². The van der Waals surface area contributed by atoms with E-state index < -0.39 is 36.3 Å². The Morgan fingerprint density at radius 3 is 1.61 bits per heavy atom.